The van der Waals surface area contributed by atoms with E-state index in [1.165, 1.54) is 24.3 Å². The number of carbonyl (C=O) groups is 1. The molecule has 4 nitrogen and oxygen atoms in total. The predicted molar refractivity (Wildman–Crippen MR) is 84.2 cm³/mol. The number of amides is 1. The second-order valence-electron chi connectivity index (χ2n) is 7.68. The van der Waals surface area contributed by atoms with Gasteiger partial charge in [-0.1, -0.05) is 12.1 Å². The van der Waals surface area contributed by atoms with Gasteiger partial charge in [-0.3, -0.25) is 10.2 Å². The van der Waals surface area contributed by atoms with Crippen LogP contribution in [-0.2, 0) is 4.79 Å². The van der Waals surface area contributed by atoms with Crippen LogP contribution in [0.25, 0.3) is 0 Å². The van der Waals surface area contributed by atoms with Gasteiger partial charge in [0.15, 0.2) is 0 Å². The third-order valence-corrected chi connectivity index (χ3v) is 3.67. The fourth-order valence-electron chi connectivity index (χ4n) is 2.59. The number of carbonyl (C=O) groups excluding carboxylic acids is 1. The van der Waals surface area contributed by atoms with Crippen molar-refractivity contribution in [3.8, 4) is 5.75 Å². The van der Waals surface area contributed by atoms with E-state index in [1.54, 1.807) is 13.8 Å². The van der Waals surface area contributed by atoms with Crippen molar-refractivity contribution in [2.45, 2.75) is 52.4 Å². The van der Waals surface area contributed by atoms with E-state index in [0.717, 1.165) is 5.01 Å². The highest BCUT2D eigenvalue weighted by molar-refractivity contribution is 5.83. The molecular weight excluding hydrogens is 321 g/mol. The van der Waals surface area contributed by atoms with E-state index >= 15 is 0 Å². The van der Waals surface area contributed by atoms with E-state index in [4.69, 9.17) is 4.74 Å². The Bertz CT molecular complexity index is 604. The molecule has 1 aromatic rings. The maximum absolute atomic E-state index is 13.6. The highest BCUT2D eigenvalue weighted by atomic mass is 19.4. The molecule has 1 atom stereocenters. The number of alkyl halides is 3. The van der Waals surface area contributed by atoms with E-state index in [2.05, 4.69) is 5.43 Å². The van der Waals surface area contributed by atoms with Crippen molar-refractivity contribution < 1.29 is 22.7 Å². The van der Waals surface area contributed by atoms with E-state index < -0.39 is 29.1 Å². The van der Waals surface area contributed by atoms with E-state index in [0.29, 0.717) is 5.75 Å². The number of halogens is 3. The van der Waals surface area contributed by atoms with Gasteiger partial charge in [0.2, 0.25) is 5.91 Å². The number of nitrogens with one attached hydrogen (secondary N) is 1. The Morgan fingerprint density at radius 3 is 2.08 bits per heavy atom. The lowest BCUT2D eigenvalue weighted by atomic mass is 9.93. The van der Waals surface area contributed by atoms with Gasteiger partial charge in [-0.15, -0.1) is 0 Å². The topological polar surface area (TPSA) is 41.6 Å². The quantitative estimate of drug-likeness (QED) is 0.906. The zero-order chi connectivity index (χ0) is 18.3. The minimum absolute atomic E-state index is 0.0176. The summed E-state index contributed by atoms with van der Waals surface area (Å²) in [6, 6.07) is 3.91. The molecule has 2 rings (SSSR count). The van der Waals surface area contributed by atoms with Gasteiger partial charge in [-0.25, -0.2) is 5.01 Å². The summed E-state index contributed by atoms with van der Waals surface area (Å²) >= 11 is 0. The predicted octanol–water partition coefficient (Wildman–Crippen LogP) is 3.84. The van der Waals surface area contributed by atoms with Crippen LogP contribution in [0.1, 0.15) is 46.2 Å². The molecule has 7 heteroatoms. The monoisotopic (exact) mass is 344 g/mol. The molecule has 0 saturated carbocycles. The highest BCUT2D eigenvalue weighted by Crippen LogP contribution is 2.40. The third kappa shape index (κ3) is 4.20. The van der Waals surface area contributed by atoms with Gasteiger partial charge in [-0.2, -0.15) is 13.2 Å². The van der Waals surface area contributed by atoms with Gasteiger partial charge >= 0.3 is 6.18 Å². The van der Waals surface area contributed by atoms with Crippen molar-refractivity contribution in [2.75, 3.05) is 6.54 Å². The summed E-state index contributed by atoms with van der Waals surface area (Å²) in [6.07, 6.45) is -4.51. The summed E-state index contributed by atoms with van der Waals surface area (Å²) in [6.45, 7) is 8.81. The number of nitrogens with zero attached hydrogens (tertiary/aromatic N) is 1. The molecule has 0 aliphatic carbocycles. The van der Waals surface area contributed by atoms with E-state index in [-0.39, 0.29) is 12.1 Å². The number of hydrogen-bond acceptors (Lipinski definition) is 3. The van der Waals surface area contributed by atoms with Crippen molar-refractivity contribution in [1.82, 2.24) is 10.4 Å². The van der Waals surface area contributed by atoms with Crippen LogP contribution < -0.4 is 10.2 Å². The largest absolute Gasteiger partial charge is 0.488 e. The van der Waals surface area contributed by atoms with Gasteiger partial charge in [0.05, 0.1) is 5.41 Å². The molecule has 1 fully saturated rings. The Hall–Kier alpha value is -1.76. The van der Waals surface area contributed by atoms with Crippen LogP contribution in [0.2, 0.25) is 0 Å². The first-order valence-electron chi connectivity index (χ1n) is 7.73. The van der Waals surface area contributed by atoms with Crippen molar-refractivity contribution in [1.29, 1.82) is 0 Å². The molecule has 0 radical (unpaired) electrons. The molecule has 1 aliphatic rings. The summed E-state index contributed by atoms with van der Waals surface area (Å²) in [7, 11) is 0. The molecule has 0 aromatic heterocycles. The lowest BCUT2D eigenvalue weighted by Gasteiger charge is -2.30. The smallest absolute Gasteiger partial charge is 0.409 e. The van der Waals surface area contributed by atoms with Crippen molar-refractivity contribution in [3.05, 3.63) is 29.8 Å². The number of hydrazine groups is 1. The Labute approximate surface area is 139 Å². The second kappa shape index (κ2) is 5.95. The maximum atomic E-state index is 13.6. The zero-order valence-corrected chi connectivity index (χ0v) is 14.5. The van der Waals surface area contributed by atoms with Crippen LogP contribution in [0.15, 0.2) is 24.3 Å². The first kappa shape index (κ1) is 18.6. The Balaban J connectivity index is 2.28. The van der Waals surface area contributed by atoms with Crippen molar-refractivity contribution in [3.63, 3.8) is 0 Å². The lowest BCUT2D eigenvalue weighted by Crippen LogP contribution is -2.43. The van der Waals surface area contributed by atoms with Crippen molar-refractivity contribution >= 4 is 5.91 Å². The van der Waals surface area contributed by atoms with E-state index in [9.17, 15) is 18.0 Å². The van der Waals surface area contributed by atoms with Gasteiger partial charge in [-0.05, 0) is 52.3 Å². The third-order valence-electron chi connectivity index (χ3n) is 3.67. The molecule has 0 unspecified atom stereocenters. The molecule has 0 bridgehead atoms. The number of rotatable bonds is 3. The van der Waals surface area contributed by atoms with Crippen molar-refractivity contribution in [2.24, 2.45) is 5.41 Å². The number of benzene rings is 1. The van der Waals surface area contributed by atoms with Gasteiger partial charge in [0.1, 0.15) is 17.4 Å². The normalized spacial score (nSPS) is 19.9. The number of hydrogen-bond donors (Lipinski definition) is 1. The average Bonchev–Trinajstić information content (AvgIpc) is 2.62. The van der Waals surface area contributed by atoms with Gasteiger partial charge in [0, 0.05) is 6.54 Å². The Morgan fingerprint density at radius 2 is 1.71 bits per heavy atom. The minimum atomic E-state index is -4.51. The maximum Gasteiger partial charge on any atom is 0.409 e. The molecule has 1 N–H and O–H groups in total. The minimum Gasteiger partial charge on any atom is -0.488 e. The molecule has 1 heterocycles. The molecule has 134 valence electrons. The standard InChI is InChI=1S/C17H23F3N2O2/c1-15(2,3)24-12-8-6-11(7-9-12)13(17(18,19)20)22-10-16(4,5)14(23)21-22/h6-9,13H,10H2,1-5H3,(H,21,23)/t13-/m0/s1. The summed E-state index contributed by atoms with van der Waals surface area (Å²) < 4.78 is 46.4. The van der Waals surface area contributed by atoms with Crippen LogP contribution in [0.4, 0.5) is 13.2 Å². The molecule has 1 amide bonds. The fourth-order valence-corrected chi connectivity index (χ4v) is 2.59. The molecular formula is C17H23F3N2O2. The summed E-state index contributed by atoms with van der Waals surface area (Å²) in [5, 5.41) is 0.960. The summed E-state index contributed by atoms with van der Waals surface area (Å²) in [4.78, 5) is 11.8. The molecule has 1 saturated heterocycles. The first-order valence-corrected chi connectivity index (χ1v) is 7.73. The Kier molecular flexibility index (Phi) is 4.61. The second-order valence-corrected chi connectivity index (χ2v) is 7.68. The lowest BCUT2D eigenvalue weighted by molar-refractivity contribution is -0.191. The van der Waals surface area contributed by atoms with Gasteiger partial charge in [0.25, 0.3) is 0 Å². The van der Waals surface area contributed by atoms with Crippen LogP contribution in [-0.4, -0.2) is 29.2 Å². The SMILES string of the molecule is CC(C)(C)Oc1ccc([C@H](N2CC(C)(C)C(=O)N2)C(F)(F)F)cc1. The zero-order valence-electron chi connectivity index (χ0n) is 14.5. The Morgan fingerprint density at radius 1 is 1.17 bits per heavy atom. The summed E-state index contributed by atoms with van der Waals surface area (Å²) in [5.74, 6) is 0.0856. The molecule has 24 heavy (non-hydrogen) atoms. The highest BCUT2D eigenvalue weighted by Gasteiger charge is 2.51. The molecule has 1 aromatic carbocycles. The van der Waals surface area contributed by atoms with Crippen LogP contribution in [0.5, 0.6) is 5.75 Å². The summed E-state index contributed by atoms with van der Waals surface area (Å²) in [5.41, 5.74) is 1.11. The number of ether oxygens (including phenoxy) is 1. The van der Waals surface area contributed by atoms with E-state index in [1.807, 2.05) is 20.8 Å². The van der Waals surface area contributed by atoms with Crippen LogP contribution >= 0.6 is 0 Å². The first-order chi connectivity index (χ1) is 10.8. The molecule has 0 spiro atoms. The molecule has 1 aliphatic heterocycles. The average molecular weight is 344 g/mol. The van der Waals surface area contributed by atoms with Gasteiger partial charge < -0.3 is 4.74 Å². The fraction of sp³-hybridized carbons (Fsp3) is 0.588. The van der Waals surface area contributed by atoms with Crippen LogP contribution in [0, 0.1) is 5.41 Å². The van der Waals surface area contributed by atoms with Crippen LogP contribution in [0.3, 0.4) is 0 Å².